The molecule has 17 heavy (non-hydrogen) atoms. The third-order valence-corrected chi connectivity index (χ3v) is 1.90. The molecule has 0 heterocycles. The molecule has 0 N–H and O–H groups in total. The Morgan fingerprint density at radius 2 is 2.18 bits per heavy atom. The Bertz CT molecular complexity index is 435. The molecule has 0 aromatic heterocycles. The van der Waals surface area contributed by atoms with Gasteiger partial charge in [0.1, 0.15) is 17.8 Å². The molecule has 0 fully saturated rings. The zero-order valence-corrected chi connectivity index (χ0v) is 9.80. The van der Waals surface area contributed by atoms with Gasteiger partial charge >= 0.3 is 5.97 Å². The zero-order valence-electron chi connectivity index (χ0n) is 9.80. The molecule has 0 unspecified atom stereocenters. The Morgan fingerprint density at radius 1 is 1.41 bits per heavy atom. The molecule has 0 saturated heterocycles. The van der Waals surface area contributed by atoms with E-state index in [1.54, 1.807) is 24.3 Å². The number of carbonyl (C=O) groups excluding carboxylic acids is 2. The molecule has 4 heteroatoms. The molecule has 0 aliphatic heterocycles. The molecule has 0 saturated carbocycles. The topological polar surface area (TPSA) is 52.6 Å². The van der Waals surface area contributed by atoms with Crippen molar-refractivity contribution in [3.63, 3.8) is 0 Å². The summed E-state index contributed by atoms with van der Waals surface area (Å²) >= 11 is 0. The lowest BCUT2D eigenvalue weighted by Crippen LogP contribution is -2.03. The molecule has 0 atom stereocenters. The third-order valence-electron chi connectivity index (χ3n) is 1.90. The molecule has 0 amide bonds. The first-order chi connectivity index (χ1) is 8.17. The first kappa shape index (κ1) is 13.0. The largest absolute Gasteiger partial charge is 0.494 e. The van der Waals surface area contributed by atoms with E-state index in [1.807, 2.05) is 6.92 Å². The smallest absolute Gasteiger partial charge is 0.308 e. The second-order valence-electron chi connectivity index (χ2n) is 3.22. The van der Waals surface area contributed by atoms with Crippen LogP contribution in [0.1, 0.15) is 19.4 Å². The van der Waals surface area contributed by atoms with Gasteiger partial charge in [-0.05, 0) is 31.2 Å². The molecule has 0 aliphatic rings. The lowest BCUT2D eigenvalue weighted by molar-refractivity contribution is -0.131. The van der Waals surface area contributed by atoms with Gasteiger partial charge in [-0.3, -0.25) is 9.59 Å². The van der Waals surface area contributed by atoms with Gasteiger partial charge < -0.3 is 9.47 Å². The first-order valence-corrected chi connectivity index (χ1v) is 5.24. The second kappa shape index (κ2) is 6.48. The summed E-state index contributed by atoms with van der Waals surface area (Å²) in [6.07, 6.45) is 3.57. The number of rotatable bonds is 5. The van der Waals surface area contributed by atoms with E-state index in [1.165, 1.54) is 13.0 Å². The predicted molar refractivity (Wildman–Crippen MR) is 64.0 cm³/mol. The van der Waals surface area contributed by atoms with Crippen molar-refractivity contribution in [2.45, 2.75) is 13.8 Å². The summed E-state index contributed by atoms with van der Waals surface area (Å²) < 4.78 is 10.3. The SMILES string of the molecule is CCOc1ccc(C=CC=O)c(OC(C)=O)c1. The average molecular weight is 234 g/mol. The fraction of sp³-hybridized carbons (Fsp3) is 0.231. The van der Waals surface area contributed by atoms with Crippen LogP contribution in [-0.2, 0) is 9.59 Å². The molecular weight excluding hydrogens is 220 g/mol. The Kier molecular flexibility index (Phi) is 4.94. The minimum Gasteiger partial charge on any atom is -0.494 e. The van der Waals surface area contributed by atoms with Crippen molar-refractivity contribution in [1.29, 1.82) is 0 Å². The fourth-order valence-corrected chi connectivity index (χ4v) is 1.30. The van der Waals surface area contributed by atoms with Gasteiger partial charge in [-0.1, -0.05) is 0 Å². The number of hydrogen-bond donors (Lipinski definition) is 0. The van der Waals surface area contributed by atoms with Gasteiger partial charge in [-0.2, -0.15) is 0 Å². The van der Waals surface area contributed by atoms with Crippen LogP contribution in [-0.4, -0.2) is 18.9 Å². The monoisotopic (exact) mass is 234 g/mol. The maximum atomic E-state index is 11.0. The Balaban J connectivity index is 3.06. The number of hydrogen-bond acceptors (Lipinski definition) is 4. The first-order valence-electron chi connectivity index (χ1n) is 5.24. The Hall–Kier alpha value is -2.10. The predicted octanol–water partition coefficient (Wildman–Crippen LogP) is 2.22. The van der Waals surface area contributed by atoms with Gasteiger partial charge in [0.2, 0.25) is 0 Å². The molecule has 0 aliphatic carbocycles. The molecule has 0 radical (unpaired) electrons. The summed E-state index contributed by atoms with van der Waals surface area (Å²) in [7, 11) is 0. The average Bonchev–Trinajstić information content (AvgIpc) is 2.28. The minimum absolute atomic E-state index is 0.376. The number of benzene rings is 1. The number of ether oxygens (including phenoxy) is 2. The van der Waals surface area contributed by atoms with E-state index in [9.17, 15) is 9.59 Å². The molecule has 4 nitrogen and oxygen atoms in total. The zero-order chi connectivity index (χ0) is 12.7. The van der Waals surface area contributed by atoms with Crippen molar-refractivity contribution in [3.05, 3.63) is 29.8 Å². The summed E-state index contributed by atoms with van der Waals surface area (Å²) in [6, 6.07) is 5.10. The highest BCUT2D eigenvalue weighted by molar-refractivity contribution is 5.77. The molecular formula is C13H14O4. The van der Waals surface area contributed by atoms with Crippen molar-refractivity contribution in [1.82, 2.24) is 0 Å². The van der Waals surface area contributed by atoms with Gasteiger partial charge in [0.15, 0.2) is 0 Å². The summed E-state index contributed by atoms with van der Waals surface area (Å²) in [5.41, 5.74) is 0.649. The van der Waals surface area contributed by atoms with Crippen molar-refractivity contribution in [2.24, 2.45) is 0 Å². The van der Waals surface area contributed by atoms with Gasteiger partial charge in [0, 0.05) is 18.6 Å². The third kappa shape index (κ3) is 4.10. The molecule has 1 aromatic carbocycles. The summed E-state index contributed by atoms with van der Waals surface area (Å²) in [4.78, 5) is 21.2. The summed E-state index contributed by atoms with van der Waals surface area (Å²) in [6.45, 7) is 3.72. The molecule has 90 valence electrons. The Morgan fingerprint density at radius 3 is 2.76 bits per heavy atom. The van der Waals surface area contributed by atoms with Crippen LogP contribution in [0, 0.1) is 0 Å². The number of aldehydes is 1. The number of allylic oxidation sites excluding steroid dienone is 1. The maximum absolute atomic E-state index is 11.0. The highest BCUT2D eigenvalue weighted by atomic mass is 16.5. The molecule has 0 spiro atoms. The molecule has 1 rings (SSSR count). The normalized spacial score (nSPS) is 10.2. The van der Waals surface area contributed by atoms with E-state index >= 15 is 0 Å². The highest BCUT2D eigenvalue weighted by Gasteiger charge is 2.06. The van der Waals surface area contributed by atoms with E-state index in [2.05, 4.69) is 0 Å². The van der Waals surface area contributed by atoms with E-state index < -0.39 is 5.97 Å². The van der Waals surface area contributed by atoms with E-state index in [0.717, 1.165) is 0 Å². The van der Waals surface area contributed by atoms with E-state index in [4.69, 9.17) is 9.47 Å². The van der Waals surface area contributed by atoms with Gasteiger partial charge in [0.25, 0.3) is 0 Å². The fourth-order valence-electron chi connectivity index (χ4n) is 1.30. The minimum atomic E-state index is -0.417. The highest BCUT2D eigenvalue weighted by Crippen LogP contribution is 2.26. The van der Waals surface area contributed by atoms with Crippen molar-refractivity contribution < 1.29 is 19.1 Å². The quantitative estimate of drug-likeness (QED) is 0.339. The number of esters is 1. The van der Waals surface area contributed by atoms with Crippen LogP contribution in [0.5, 0.6) is 11.5 Å². The van der Waals surface area contributed by atoms with Crippen LogP contribution < -0.4 is 9.47 Å². The van der Waals surface area contributed by atoms with Crippen LogP contribution >= 0.6 is 0 Å². The van der Waals surface area contributed by atoms with Crippen LogP contribution in [0.3, 0.4) is 0 Å². The van der Waals surface area contributed by atoms with Gasteiger partial charge in [-0.15, -0.1) is 0 Å². The van der Waals surface area contributed by atoms with Gasteiger partial charge in [-0.25, -0.2) is 0 Å². The van der Waals surface area contributed by atoms with Crippen LogP contribution in [0.15, 0.2) is 24.3 Å². The van der Waals surface area contributed by atoms with Crippen molar-refractivity contribution in [3.8, 4) is 11.5 Å². The second-order valence-corrected chi connectivity index (χ2v) is 3.22. The van der Waals surface area contributed by atoms with Crippen LogP contribution in [0.2, 0.25) is 0 Å². The van der Waals surface area contributed by atoms with E-state index in [0.29, 0.717) is 30.0 Å². The van der Waals surface area contributed by atoms with Crippen molar-refractivity contribution in [2.75, 3.05) is 6.61 Å². The molecule has 1 aromatic rings. The van der Waals surface area contributed by atoms with Crippen LogP contribution in [0.25, 0.3) is 6.08 Å². The summed E-state index contributed by atoms with van der Waals surface area (Å²) in [5, 5.41) is 0. The lowest BCUT2D eigenvalue weighted by atomic mass is 10.2. The van der Waals surface area contributed by atoms with Crippen LogP contribution in [0.4, 0.5) is 0 Å². The standard InChI is InChI=1S/C13H14O4/c1-3-16-12-7-6-11(5-4-8-14)13(9-12)17-10(2)15/h4-9H,3H2,1-2H3. The maximum Gasteiger partial charge on any atom is 0.308 e. The number of carbonyl (C=O) groups is 2. The van der Waals surface area contributed by atoms with E-state index in [-0.39, 0.29) is 0 Å². The Labute approximate surface area is 99.8 Å². The lowest BCUT2D eigenvalue weighted by Gasteiger charge is -2.08. The molecule has 0 bridgehead atoms. The van der Waals surface area contributed by atoms with Crippen molar-refractivity contribution >= 4 is 18.3 Å². The van der Waals surface area contributed by atoms with Gasteiger partial charge in [0.05, 0.1) is 6.61 Å². The summed E-state index contributed by atoms with van der Waals surface area (Å²) in [5.74, 6) is 0.577.